The molecule has 102 valence electrons. The molecule has 2 aromatic heterocycles. The van der Waals surface area contributed by atoms with Gasteiger partial charge in [-0.05, 0) is 25.8 Å². The summed E-state index contributed by atoms with van der Waals surface area (Å²) < 4.78 is 7.09. The van der Waals surface area contributed by atoms with E-state index in [0.717, 1.165) is 41.8 Å². The lowest BCUT2D eigenvalue weighted by molar-refractivity contribution is 0.0167. The molecule has 0 spiro atoms. The van der Waals surface area contributed by atoms with Gasteiger partial charge < -0.3 is 9.52 Å². The van der Waals surface area contributed by atoms with E-state index in [1.807, 2.05) is 20.0 Å². The van der Waals surface area contributed by atoms with Crippen LogP contribution >= 0.6 is 11.6 Å². The molecule has 4 nitrogen and oxygen atoms in total. The highest BCUT2D eigenvalue weighted by atomic mass is 35.5. The van der Waals surface area contributed by atoms with Crippen LogP contribution in [0.4, 0.5) is 0 Å². The van der Waals surface area contributed by atoms with Crippen molar-refractivity contribution in [2.24, 2.45) is 7.05 Å². The lowest BCUT2D eigenvalue weighted by Crippen LogP contribution is -2.32. The summed E-state index contributed by atoms with van der Waals surface area (Å²) in [5.74, 6) is 0.895. The zero-order valence-corrected chi connectivity index (χ0v) is 11.9. The van der Waals surface area contributed by atoms with Gasteiger partial charge in [-0.1, -0.05) is 11.6 Å². The Bertz CT molecular complexity index is 617. The van der Waals surface area contributed by atoms with Crippen LogP contribution in [-0.2, 0) is 25.5 Å². The van der Waals surface area contributed by atoms with Crippen LogP contribution in [0.2, 0.25) is 5.15 Å². The summed E-state index contributed by atoms with van der Waals surface area (Å²) in [5, 5.41) is 15.9. The van der Waals surface area contributed by atoms with E-state index in [1.54, 1.807) is 10.9 Å². The average Bonchev–Trinajstić information content (AvgIpc) is 2.92. The van der Waals surface area contributed by atoms with Gasteiger partial charge in [-0.25, -0.2) is 0 Å². The van der Waals surface area contributed by atoms with Crippen LogP contribution in [-0.4, -0.2) is 14.9 Å². The van der Waals surface area contributed by atoms with Gasteiger partial charge in [0, 0.05) is 31.0 Å². The van der Waals surface area contributed by atoms with Crippen molar-refractivity contribution in [3.05, 3.63) is 40.1 Å². The topological polar surface area (TPSA) is 51.2 Å². The Labute approximate surface area is 117 Å². The molecule has 0 saturated carbocycles. The Morgan fingerprint density at radius 1 is 1.58 bits per heavy atom. The molecule has 1 aliphatic rings. The fraction of sp³-hybridized carbons (Fsp3) is 0.500. The summed E-state index contributed by atoms with van der Waals surface area (Å²) >= 11 is 6.26. The Balaban J connectivity index is 2.00. The van der Waals surface area contributed by atoms with Gasteiger partial charge in [0.25, 0.3) is 0 Å². The maximum absolute atomic E-state index is 11.0. The molecule has 1 aliphatic carbocycles. The monoisotopic (exact) mass is 280 g/mol. The summed E-state index contributed by atoms with van der Waals surface area (Å²) in [7, 11) is 1.81. The zero-order valence-electron chi connectivity index (χ0n) is 11.1. The van der Waals surface area contributed by atoms with Gasteiger partial charge in [0.05, 0.1) is 17.6 Å². The van der Waals surface area contributed by atoms with E-state index in [-0.39, 0.29) is 0 Å². The minimum Gasteiger partial charge on any atom is -0.469 e. The zero-order chi connectivity index (χ0) is 13.6. The molecule has 0 aromatic carbocycles. The minimum absolute atomic E-state index is 0.484. The van der Waals surface area contributed by atoms with E-state index in [9.17, 15) is 5.11 Å². The van der Waals surface area contributed by atoms with E-state index >= 15 is 0 Å². The van der Waals surface area contributed by atoms with E-state index in [0.29, 0.717) is 11.6 Å². The molecule has 19 heavy (non-hydrogen) atoms. The first-order valence-corrected chi connectivity index (χ1v) is 6.86. The summed E-state index contributed by atoms with van der Waals surface area (Å²) in [6.45, 7) is 1.92. The van der Waals surface area contributed by atoms with Gasteiger partial charge in [0.15, 0.2) is 0 Å². The van der Waals surface area contributed by atoms with Crippen molar-refractivity contribution in [1.82, 2.24) is 9.78 Å². The number of nitrogens with zero attached hydrogens (tertiary/aromatic N) is 2. The predicted molar refractivity (Wildman–Crippen MR) is 72.2 cm³/mol. The molecule has 1 unspecified atom stereocenters. The van der Waals surface area contributed by atoms with Crippen LogP contribution in [0.1, 0.15) is 35.4 Å². The molecule has 1 N–H and O–H groups in total. The Morgan fingerprint density at radius 3 is 3.05 bits per heavy atom. The fourth-order valence-corrected chi connectivity index (χ4v) is 3.22. The number of aryl methyl sites for hydroxylation is 3. The lowest BCUT2D eigenvalue weighted by Gasteiger charge is -2.31. The summed E-state index contributed by atoms with van der Waals surface area (Å²) in [5.41, 5.74) is 1.80. The highest BCUT2D eigenvalue weighted by molar-refractivity contribution is 6.30. The number of hydrogen-bond acceptors (Lipinski definition) is 3. The third-order valence-electron chi connectivity index (χ3n) is 3.98. The molecule has 5 heteroatoms. The van der Waals surface area contributed by atoms with Crippen LogP contribution in [0.5, 0.6) is 0 Å². The Morgan fingerprint density at radius 2 is 2.37 bits per heavy atom. The van der Waals surface area contributed by atoms with Crippen LogP contribution in [0, 0.1) is 6.92 Å². The first-order valence-electron chi connectivity index (χ1n) is 6.48. The SMILES string of the molecule is Cc1nn(C)c(Cl)c1CC1(O)CCCc2occc21. The third-order valence-corrected chi connectivity index (χ3v) is 4.45. The number of halogens is 1. The molecule has 2 heterocycles. The molecule has 3 rings (SSSR count). The molecule has 0 saturated heterocycles. The van der Waals surface area contributed by atoms with Crippen LogP contribution in [0.25, 0.3) is 0 Å². The number of furan rings is 1. The van der Waals surface area contributed by atoms with Crippen molar-refractivity contribution >= 4 is 11.6 Å². The van der Waals surface area contributed by atoms with Crippen molar-refractivity contribution in [3.63, 3.8) is 0 Å². The van der Waals surface area contributed by atoms with E-state index in [4.69, 9.17) is 16.0 Å². The molecular weight excluding hydrogens is 264 g/mol. The van der Waals surface area contributed by atoms with E-state index in [1.165, 1.54) is 0 Å². The molecule has 1 atom stereocenters. The minimum atomic E-state index is -0.891. The van der Waals surface area contributed by atoms with E-state index in [2.05, 4.69) is 5.10 Å². The standard InChI is InChI=1S/C14H17ClN2O2/c1-9-10(13(15)17(2)16-9)8-14(18)6-3-4-12-11(14)5-7-19-12/h5,7,18H,3-4,6,8H2,1-2H3. The highest BCUT2D eigenvalue weighted by Gasteiger charge is 2.37. The normalized spacial score (nSPS) is 22.5. The molecule has 2 aromatic rings. The second kappa shape index (κ2) is 4.39. The first kappa shape index (κ1) is 12.8. The van der Waals surface area contributed by atoms with Crippen molar-refractivity contribution in [1.29, 1.82) is 0 Å². The average molecular weight is 281 g/mol. The first-order chi connectivity index (χ1) is 9.01. The van der Waals surface area contributed by atoms with Gasteiger partial charge in [-0.15, -0.1) is 0 Å². The van der Waals surface area contributed by atoms with E-state index < -0.39 is 5.60 Å². The Kier molecular flexibility index (Phi) is 2.95. The smallest absolute Gasteiger partial charge is 0.130 e. The second-order valence-electron chi connectivity index (χ2n) is 5.30. The predicted octanol–water partition coefficient (Wildman–Crippen LogP) is 2.74. The van der Waals surface area contributed by atoms with Gasteiger partial charge in [-0.3, -0.25) is 4.68 Å². The largest absolute Gasteiger partial charge is 0.469 e. The highest BCUT2D eigenvalue weighted by Crippen LogP contribution is 2.40. The van der Waals surface area contributed by atoms with Crippen LogP contribution in [0.3, 0.4) is 0 Å². The molecule has 0 bridgehead atoms. The number of hydrogen-bond donors (Lipinski definition) is 1. The molecule has 0 amide bonds. The molecule has 0 aliphatic heterocycles. The maximum atomic E-state index is 11.0. The van der Waals surface area contributed by atoms with Gasteiger partial charge >= 0.3 is 0 Å². The summed E-state index contributed by atoms with van der Waals surface area (Å²) in [6, 6.07) is 1.87. The number of rotatable bonds is 2. The number of fused-ring (bicyclic) bond motifs is 1. The van der Waals surface area contributed by atoms with Gasteiger partial charge in [0.2, 0.25) is 0 Å². The molecule has 0 fully saturated rings. The third kappa shape index (κ3) is 1.99. The van der Waals surface area contributed by atoms with Crippen molar-refractivity contribution in [3.8, 4) is 0 Å². The van der Waals surface area contributed by atoms with Crippen LogP contribution < -0.4 is 0 Å². The number of aliphatic hydroxyl groups is 1. The maximum Gasteiger partial charge on any atom is 0.130 e. The Hall–Kier alpha value is -1.26. The second-order valence-corrected chi connectivity index (χ2v) is 5.66. The van der Waals surface area contributed by atoms with Crippen molar-refractivity contribution in [2.45, 2.75) is 38.2 Å². The van der Waals surface area contributed by atoms with Crippen molar-refractivity contribution < 1.29 is 9.52 Å². The quantitative estimate of drug-likeness (QED) is 0.920. The number of aromatic nitrogens is 2. The molecular formula is C14H17ClN2O2. The summed E-state index contributed by atoms with van der Waals surface area (Å²) in [4.78, 5) is 0. The van der Waals surface area contributed by atoms with Crippen LogP contribution in [0.15, 0.2) is 16.7 Å². The van der Waals surface area contributed by atoms with Gasteiger partial charge in [-0.2, -0.15) is 5.10 Å². The molecule has 0 radical (unpaired) electrons. The fourth-order valence-electron chi connectivity index (χ4n) is 2.98. The lowest BCUT2D eigenvalue weighted by atomic mass is 9.79. The van der Waals surface area contributed by atoms with Crippen molar-refractivity contribution in [2.75, 3.05) is 0 Å². The van der Waals surface area contributed by atoms with Gasteiger partial charge in [0.1, 0.15) is 10.9 Å². The summed E-state index contributed by atoms with van der Waals surface area (Å²) in [6.07, 6.45) is 4.68.